The zero-order valence-electron chi connectivity index (χ0n) is 5.27. The molecule has 0 aromatic rings. The Morgan fingerprint density at radius 3 is 2.30 bits per heavy atom. The monoisotopic (exact) mass is 150 g/mol. The Hall–Kier alpha value is -0.200. The molecule has 4 N–H and O–H groups in total. The third kappa shape index (κ3) is 1.02. The number of aliphatic hydroxyl groups is 4. The van der Waals surface area contributed by atoms with Crippen LogP contribution in [0.4, 0.5) is 0 Å². The summed E-state index contributed by atoms with van der Waals surface area (Å²) in [5.74, 6) is 0. The van der Waals surface area contributed by atoms with Gasteiger partial charge in [0.1, 0.15) is 11.7 Å². The van der Waals surface area contributed by atoms with Crippen molar-refractivity contribution in [1.29, 1.82) is 0 Å². The quantitative estimate of drug-likeness (QED) is 0.329. The van der Waals surface area contributed by atoms with E-state index in [9.17, 15) is 0 Å². The van der Waals surface area contributed by atoms with E-state index in [1.165, 1.54) is 0 Å². The SMILES string of the molecule is OC[C@]1(O)CO[C@@H](O)C1O. The van der Waals surface area contributed by atoms with Gasteiger partial charge in [-0.05, 0) is 0 Å². The average Bonchev–Trinajstić information content (AvgIpc) is 2.19. The minimum atomic E-state index is -1.70. The van der Waals surface area contributed by atoms with Crippen LogP contribution in [0.2, 0.25) is 0 Å². The van der Waals surface area contributed by atoms with Gasteiger partial charge in [0.05, 0.1) is 13.2 Å². The summed E-state index contributed by atoms with van der Waals surface area (Å²) in [4.78, 5) is 0. The van der Waals surface area contributed by atoms with Crippen molar-refractivity contribution in [1.82, 2.24) is 0 Å². The largest absolute Gasteiger partial charge is 0.393 e. The fourth-order valence-electron chi connectivity index (χ4n) is 0.811. The lowest BCUT2D eigenvalue weighted by Crippen LogP contribution is -2.46. The van der Waals surface area contributed by atoms with Crippen molar-refractivity contribution in [3.63, 3.8) is 0 Å². The molecule has 1 heterocycles. The van der Waals surface area contributed by atoms with Crippen molar-refractivity contribution >= 4 is 0 Å². The molecule has 0 aromatic carbocycles. The summed E-state index contributed by atoms with van der Waals surface area (Å²) in [6.45, 7) is -0.864. The Kier molecular flexibility index (Phi) is 1.93. The summed E-state index contributed by atoms with van der Waals surface area (Å²) in [5, 5.41) is 35.3. The van der Waals surface area contributed by atoms with E-state index < -0.39 is 24.6 Å². The Bertz CT molecular complexity index is 127. The predicted octanol–water partition coefficient (Wildman–Crippen LogP) is -2.58. The summed E-state index contributed by atoms with van der Waals surface area (Å²) < 4.78 is 4.47. The van der Waals surface area contributed by atoms with Crippen molar-refractivity contribution < 1.29 is 25.2 Å². The third-order valence-corrected chi connectivity index (χ3v) is 1.60. The topological polar surface area (TPSA) is 90.2 Å². The van der Waals surface area contributed by atoms with Gasteiger partial charge in [0.25, 0.3) is 0 Å². The first-order valence-electron chi connectivity index (χ1n) is 2.91. The highest BCUT2D eigenvalue weighted by atomic mass is 16.6. The van der Waals surface area contributed by atoms with Crippen LogP contribution >= 0.6 is 0 Å². The smallest absolute Gasteiger partial charge is 0.184 e. The molecule has 1 saturated heterocycles. The number of hydrogen-bond donors (Lipinski definition) is 4. The summed E-state index contributed by atoms with van der Waals surface area (Å²) in [7, 11) is 0. The Labute approximate surface area is 57.5 Å². The number of hydrogen-bond acceptors (Lipinski definition) is 5. The van der Waals surface area contributed by atoms with Crippen LogP contribution in [0, 0.1) is 0 Å². The number of rotatable bonds is 1. The molecule has 1 rings (SSSR count). The summed E-state index contributed by atoms with van der Waals surface area (Å²) in [5.41, 5.74) is -1.70. The summed E-state index contributed by atoms with van der Waals surface area (Å²) >= 11 is 0. The molecule has 1 fully saturated rings. The van der Waals surface area contributed by atoms with Gasteiger partial charge in [-0.1, -0.05) is 0 Å². The fraction of sp³-hybridized carbons (Fsp3) is 1.00. The molecule has 1 aliphatic rings. The molecule has 1 aliphatic heterocycles. The van der Waals surface area contributed by atoms with E-state index in [1.54, 1.807) is 0 Å². The minimum absolute atomic E-state index is 0.244. The van der Waals surface area contributed by atoms with Gasteiger partial charge in [-0.15, -0.1) is 0 Å². The van der Waals surface area contributed by atoms with Crippen LogP contribution in [0.1, 0.15) is 0 Å². The maximum Gasteiger partial charge on any atom is 0.184 e. The molecular formula is C5H10O5. The zero-order valence-corrected chi connectivity index (χ0v) is 5.27. The van der Waals surface area contributed by atoms with Gasteiger partial charge in [0.2, 0.25) is 0 Å². The first kappa shape index (κ1) is 7.90. The Balaban J connectivity index is 2.64. The molecule has 1 unspecified atom stereocenters. The van der Waals surface area contributed by atoms with Crippen LogP contribution in [0.25, 0.3) is 0 Å². The predicted molar refractivity (Wildman–Crippen MR) is 30.0 cm³/mol. The van der Waals surface area contributed by atoms with Crippen LogP contribution in [0.5, 0.6) is 0 Å². The van der Waals surface area contributed by atoms with Crippen LogP contribution in [0.3, 0.4) is 0 Å². The maximum absolute atomic E-state index is 9.15. The van der Waals surface area contributed by atoms with Gasteiger partial charge in [0.15, 0.2) is 6.29 Å². The molecule has 0 saturated carbocycles. The highest BCUT2D eigenvalue weighted by molar-refractivity contribution is 4.92. The molecule has 0 amide bonds. The van der Waals surface area contributed by atoms with Gasteiger partial charge in [-0.3, -0.25) is 0 Å². The van der Waals surface area contributed by atoms with Crippen molar-refractivity contribution in [3.8, 4) is 0 Å². The lowest BCUT2D eigenvalue weighted by molar-refractivity contribution is -0.128. The standard InChI is InChI=1S/C5H10O5/c6-1-5(9)2-10-4(8)3(5)7/h3-4,6-9H,1-2H2/t3?,4-,5+/m1/s1. The first-order chi connectivity index (χ1) is 4.60. The lowest BCUT2D eigenvalue weighted by atomic mass is 10.0. The third-order valence-electron chi connectivity index (χ3n) is 1.60. The van der Waals surface area contributed by atoms with Gasteiger partial charge < -0.3 is 25.2 Å². The summed E-state index contributed by atoms with van der Waals surface area (Å²) in [6.07, 6.45) is -2.81. The van der Waals surface area contributed by atoms with Crippen molar-refractivity contribution in [2.45, 2.75) is 18.0 Å². The second kappa shape index (κ2) is 2.44. The molecule has 5 heteroatoms. The molecule has 0 aromatic heterocycles. The molecule has 5 nitrogen and oxygen atoms in total. The molecule has 0 spiro atoms. The van der Waals surface area contributed by atoms with Gasteiger partial charge in [-0.25, -0.2) is 0 Å². The molecule has 3 atom stereocenters. The highest BCUT2D eigenvalue weighted by Crippen LogP contribution is 2.22. The van der Waals surface area contributed by atoms with E-state index in [1.807, 2.05) is 0 Å². The van der Waals surface area contributed by atoms with Crippen LogP contribution in [-0.4, -0.2) is 51.6 Å². The molecular weight excluding hydrogens is 140 g/mol. The van der Waals surface area contributed by atoms with E-state index in [0.717, 1.165) is 0 Å². The molecule has 0 bridgehead atoms. The normalized spacial score (nSPS) is 48.0. The van der Waals surface area contributed by atoms with E-state index >= 15 is 0 Å². The van der Waals surface area contributed by atoms with E-state index in [0.29, 0.717) is 0 Å². The Morgan fingerprint density at radius 2 is 2.10 bits per heavy atom. The number of aliphatic hydroxyl groups excluding tert-OH is 3. The van der Waals surface area contributed by atoms with E-state index in [4.69, 9.17) is 20.4 Å². The second-order valence-electron chi connectivity index (χ2n) is 2.41. The maximum atomic E-state index is 9.15. The average molecular weight is 150 g/mol. The van der Waals surface area contributed by atoms with Crippen molar-refractivity contribution in [2.75, 3.05) is 13.2 Å². The first-order valence-corrected chi connectivity index (χ1v) is 2.91. The van der Waals surface area contributed by atoms with Crippen molar-refractivity contribution in [2.24, 2.45) is 0 Å². The van der Waals surface area contributed by atoms with E-state index in [2.05, 4.69) is 4.74 Å². The molecule has 60 valence electrons. The van der Waals surface area contributed by atoms with Gasteiger partial charge in [0, 0.05) is 0 Å². The molecule has 0 radical (unpaired) electrons. The van der Waals surface area contributed by atoms with Crippen molar-refractivity contribution in [3.05, 3.63) is 0 Å². The van der Waals surface area contributed by atoms with Crippen LogP contribution in [-0.2, 0) is 4.74 Å². The molecule has 10 heavy (non-hydrogen) atoms. The van der Waals surface area contributed by atoms with Crippen LogP contribution < -0.4 is 0 Å². The van der Waals surface area contributed by atoms with Gasteiger partial charge >= 0.3 is 0 Å². The van der Waals surface area contributed by atoms with E-state index in [-0.39, 0.29) is 6.61 Å². The molecule has 0 aliphatic carbocycles. The Morgan fingerprint density at radius 1 is 1.50 bits per heavy atom. The lowest BCUT2D eigenvalue weighted by Gasteiger charge is -2.21. The fourth-order valence-corrected chi connectivity index (χ4v) is 0.811. The van der Waals surface area contributed by atoms with Crippen LogP contribution in [0.15, 0.2) is 0 Å². The zero-order chi connectivity index (χ0) is 7.78. The summed E-state index contributed by atoms with van der Waals surface area (Å²) in [6, 6.07) is 0. The highest BCUT2D eigenvalue weighted by Gasteiger charge is 2.46. The van der Waals surface area contributed by atoms with Gasteiger partial charge in [-0.2, -0.15) is 0 Å². The second-order valence-corrected chi connectivity index (χ2v) is 2.41. The number of ether oxygens (including phenoxy) is 1. The minimum Gasteiger partial charge on any atom is -0.393 e.